The summed E-state index contributed by atoms with van der Waals surface area (Å²) in [7, 11) is 1.70. The third kappa shape index (κ3) is 5.15. The van der Waals surface area contributed by atoms with Crippen molar-refractivity contribution in [2.45, 2.75) is 25.7 Å². The third-order valence-electron chi connectivity index (χ3n) is 7.02. The SMILES string of the molecule is COc1ccc([C@@H]2NCCc3c2[nH]c2ccc(OCc4ccccc4)cc32)cc1COc1ccc(Br)cc1. The van der Waals surface area contributed by atoms with E-state index in [-0.39, 0.29) is 6.04 Å². The Balaban J connectivity index is 1.26. The Morgan fingerprint density at radius 1 is 0.842 bits per heavy atom. The van der Waals surface area contributed by atoms with Crippen molar-refractivity contribution in [3.63, 3.8) is 0 Å². The molecule has 4 aromatic carbocycles. The molecule has 0 aliphatic carbocycles. The second-order valence-corrected chi connectivity index (χ2v) is 10.4. The average molecular weight is 569 g/mol. The minimum atomic E-state index is 0.0529. The number of hydrogen-bond acceptors (Lipinski definition) is 4. The maximum Gasteiger partial charge on any atom is 0.125 e. The second-order valence-electron chi connectivity index (χ2n) is 9.45. The molecule has 2 heterocycles. The van der Waals surface area contributed by atoms with Gasteiger partial charge in [-0.25, -0.2) is 0 Å². The van der Waals surface area contributed by atoms with Crippen LogP contribution in [-0.4, -0.2) is 18.6 Å². The Kier molecular flexibility index (Phi) is 7.08. The molecular formula is C32H29BrN2O3. The van der Waals surface area contributed by atoms with Gasteiger partial charge in [0, 0.05) is 33.2 Å². The first-order valence-electron chi connectivity index (χ1n) is 12.8. The van der Waals surface area contributed by atoms with Gasteiger partial charge in [0.15, 0.2) is 0 Å². The summed E-state index contributed by atoms with van der Waals surface area (Å²) in [5, 5.41) is 4.94. The van der Waals surface area contributed by atoms with Crippen molar-refractivity contribution < 1.29 is 14.2 Å². The van der Waals surface area contributed by atoms with Crippen molar-refractivity contribution in [1.29, 1.82) is 0 Å². The van der Waals surface area contributed by atoms with Crippen LogP contribution < -0.4 is 19.5 Å². The number of hydrogen-bond donors (Lipinski definition) is 2. The number of aromatic nitrogens is 1. The number of ether oxygens (including phenoxy) is 3. The van der Waals surface area contributed by atoms with Crippen LogP contribution in [0.4, 0.5) is 0 Å². The quantitative estimate of drug-likeness (QED) is 0.206. The van der Waals surface area contributed by atoms with E-state index in [1.54, 1.807) is 7.11 Å². The Morgan fingerprint density at radius 3 is 2.45 bits per heavy atom. The molecule has 1 aromatic heterocycles. The number of nitrogens with one attached hydrogen (secondary N) is 2. The van der Waals surface area contributed by atoms with E-state index in [4.69, 9.17) is 14.2 Å². The fourth-order valence-electron chi connectivity index (χ4n) is 5.10. The van der Waals surface area contributed by atoms with E-state index in [2.05, 4.69) is 62.6 Å². The number of H-pyrrole nitrogens is 1. The van der Waals surface area contributed by atoms with E-state index < -0.39 is 0 Å². The molecule has 6 heteroatoms. The van der Waals surface area contributed by atoms with Crippen LogP contribution >= 0.6 is 15.9 Å². The first-order valence-corrected chi connectivity index (χ1v) is 13.6. The highest BCUT2D eigenvalue weighted by Gasteiger charge is 2.26. The number of benzene rings is 4. The van der Waals surface area contributed by atoms with Gasteiger partial charge in [-0.05, 0) is 77.7 Å². The zero-order chi connectivity index (χ0) is 25.9. The first kappa shape index (κ1) is 24.6. The Labute approximate surface area is 230 Å². The lowest BCUT2D eigenvalue weighted by Gasteiger charge is -2.25. The Morgan fingerprint density at radius 2 is 1.63 bits per heavy atom. The molecule has 2 N–H and O–H groups in total. The Hall–Kier alpha value is -3.74. The molecule has 192 valence electrons. The molecule has 0 fully saturated rings. The van der Waals surface area contributed by atoms with E-state index in [9.17, 15) is 0 Å². The van der Waals surface area contributed by atoms with Gasteiger partial charge in [-0.2, -0.15) is 0 Å². The highest BCUT2D eigenvalue weighted by atomic mass is 79.9. The monoisotopic (exact) mass is 568 g/mol. The van der Waals surface area contributed by atoms with E-state index in [1.165, 1.54) is 22.2 Å². The maximum atomic E-state index is 6.12. The summed E-state index contributed by atoms with van der Waals surface area (Å²) in [6, 6.07) is 30.9. The predicted octanol–water partition coefficient (Wildman–Crippen LogP) is 7.33. The molecule has 0 unspecified atom stereocenters. The zero-order valence-corrected chi connectivity index (χ0v) is 22.8. The summed E-state index contributed by atoms with van der Waals surface area (Å²) in [6.07, 6.45) is 0.962. The van der Waals surface area contributed by atoms with E-state index in [0.717, 1.165) is 51.3 Å². The summed E-state index contributed by atoms with van der Waals surface area (Å²) < 4.78 is 18.9. The molecule has 38 heavy (non-hydrogen) atoms. The smallest absolute Gasteiger partial charge is 0.125 e. The van der Waals surface area contributed by atoms with Crippen molar-refractivity contribution in [2.24, 2.45) is 0 Å². The van der Waals surface area contributed by atoms with Crippen molar-refractivity contribution >= 4 is 26.8 Å². The molecule has 0 amide bonds. The minimum Gasteiger partial charge on any atom is -0.496 e. The van der Waals surface area contributed by atoms with Gasteiger partial charge in [-0.15, -0.1) is 0 Å². The summed E-state index contributed by atoms with van der Waals surface area (Å²) in [5.41, 5.74) is 7.02. The third-order valence-corrected chi connectivity index (χ3v) is 7.55. The molecule has 0 spiro atoms. The van der Waals surface area contributed by atoms with Gasteiger partial charge in [0.25, 0.3) is 0 Å². The normalized spacial score (nSPS) is 14.7. The molecular weight excluding hydrogens is 540 g/mol. The summed E-state index contributed by atoms with van der Waals surface area (Å²) in [5.74, 6) is 2.52. The van der Waals surface area contributed by atoms with Crippen LogP contribution in [0.25, 0.3) is 10.9 Å². The number of halogens is 1. The number of fused-ring (bicyclic) bond motifs is 3. The number of rotatable bonds is 8. The van der Waals surface area contributed by atoms with Gasteiger partial charge in [0.2, 0.25) is 0 Å². The fraction of sp³-hybridized carbons (Fsp3) is 0.188. The van der Waals surface area contributed by atoms with Gasteiger partial charge in [0.05, 0.1) is 13.2 Å². The average Bonchev–Trinajstić information content (AvgIpc) is 3.34. The van der Waals surface area contributed by atoms with E-state index in [1.807, 2.05) is 54.6 Å². The molecule has 0 bridgehead atoms. The van der Waals surface area contributed by atoms with Crippen LogP contribution in [0, 0.1) is 0 Å². The van der Waals surface area contributed by atoms with Crippen LogP contribution in [0.2, 0.25) is 0 Å². The Bertz CT molecular complexity index is 1550. The fourth-order valence-corrected chi connectivity index (χ4v) is 5.37. The van der Waals surface area contributed by atoms with Crippen LogP contribution in [0.3, 0.4) is 0 Å². The van der Waals surface area contributed by atoms with Crippen molar-refractivity contribution in [3.05, 3.63) is 123 Å². The summed E-state index contributed by atoms with van der Waals surface area (Å²) in [4.78, 5) is 3.69. The first-order chi connectivity index (χ1) is 18.7. The van der Waals surface area contributed by atoms with Gasteiger partial charge < -0.3 is 24.5 Å². The summed E-state index contributed by atoms with van der Waals surface area (Å²) in [6.45, 7) is 1.88. The van der Waals surface area contributed by atoms with Crippen LogP contribution in [-0.2, 0) is 19.6 Å². The maximum absolute atomic E-state index is 6.12. The molecule has 5 nitrogen and oxygen atoms in total. The molecule has 1 aliphatic heterocycles. The standard InChI is InChI=1S/C32H29BrN2O3/c1-36-30-14-7-22(17-23(30)20-38-25-10-8-24(33)9-11-25)31-32-27(15-16-34-31)28-18-26(12-13-29(28)35-32)37-19-21-5-3-2-4-6-21/h2-14,17-18,31,34-35H,15-16,19-20H2,1H3/t31-/m0/s1. The van der Waals surface area contributed by atoms with Crippen molar-refractivity contribution in [1.82, 2.24) is 10.3 Å². The largest absolute Gasteiger partial charge is 0.496 e. The molecule has 1 atom stereocenters. The number of methoxy groups -OCH3 is 1. The predicted molar refractivity (Wildman–Crippen MR) is 154 cm³/mol. The second kappa shape index (κ2) is 10.9. The van der Waals surface area contributed by atoms with Crippen LogP contribution in [0.15, 0.2) is 95.5 Å². The van der Waals surface area contributed by atoms with E-state index in [0.29, 0.717) is 13.2 Å². The zero-order valence-electron chi connectivity index (χ0n) is 21.2. The van der Waals surface area contributed by atoms with Gasteiger partial charge >= 0.3 is 0 Å². The number of aromatic amines is 1. The van der Waals surface area contributed by atoms with Gasteiger partial charge in [-0.1, -0.05) is 52.3 Å². The highest BCUT2D eigenvalue weighted by molar-refractivity contribution is 9.10. The van der Waals surface area contributed by atoms with Crippen molar-refractivity contribution in [3.8, 4) is 17.2 Å². The molecule has 0 radical (unpaired) electrons. The van der Waals surface area contributed by atoms with Gasteiger partial charge in [-0.3, -0.25) is 0 Å². The lowest BCUT2D eigenvalue weighted by Crippen LogP contribution is -2.30. The molecule has 0 saturated heterocycles. The molecule has 0 saturated carbocycles. The molecule has 1 aliphatic rings. The highest BCUT2D eigenvalue weighted by Crippen LogP contribution is 2.36. The molecule has 6 rings (SSSR count). The lowest BCUT2D eigenvalue weighted by molar-refractivity contribution is 0.296. The minimum absolute atomic E-state index is 0.0529. The lowest BCUT2D eigenvalue weighted by atomic mass is 9.93. The van der Waals surface area contributed by atoms with Gasteiger partial charge in [0.1, 0.15) is 30.5 Å². The van der Waals surface area contributed by atoms with Crippen molar-refractivity contribution in [2.75, 3.05) is 13.7 Å². The molecule has 5 aromatic rings. The summed E-state index contributed by atoms with van der Waals surface area (Å²) >= 11 is 3.47. The van der Waals surface area contributed by atoms with E-state index >= 15 is 0 Å². The van der Waals surface area contributed by atoms with Crippen LogP contribution in [0.1, 0.15) is 34.0 Å². The van der Waals surface area contributed by atoms with Crippen LogP contribution in [0.5, 0.6) is 17.2 Å². The topological polar surface area (TPSA) is 55.5 Å².